The Labute approximate surface area is 183 Å². The molecule has 0 radical (unpaired) electrons. The molecule has 7 heteroatoms. The molecule has 0 bridgehead atoms. The highest BCUT2D eigenvalue weighted by molar-refractivity contribution is 5.98. The van der Waals surface area contributed by atoms with E-state index in [1.165, 1.54) is 6.07 Å². The first kappa shape index (κ1) is 23.7. The van der Waals surface area contributed by atoms with Crippen LogP contribution in [0.5, 0.6) is 5.75 Å². The van der Waals surface area contributed by atoms with E-state index < -0.39 is 11.6 Å². The van der Waals surface area contributed by atoms with Crippen LogP contribution in [0.1, 0.15) is 63.0 Å². The Hall–Kier alpha value is -1.99. The van der Waals surface area contributed by atoms with Gasteiger partial charge in [0.25, 0.3) is 0 Å². The Morgan fingerprint density at radius 3 is 2.61 bits per heavy atom. The van der Waals surface area contributed by atoms with Gasteiger partial charge in [-0.05, 0) is 55.2 Å². The third kappa shape index (κ3) is 6.04. The first-order chi connectivity index (χ1) is 15.0. The zero-order chi connectivity index (χ0) is 22.3. The van der Waals surface area contributed by atoms with E-state index in [1.54, 1.807) is 7.11 Å². The van der Waals surface area contributed by atoms with E-state index in [4.69, 9.17) is 18.9 Å². The maximum absolute atomic E-state index is 14.9. The predicted octanol–water partition coefficient (Wildman–Crippen LogP) is 4.16. The summed E-state index contributed by atoms with van der Waals surface area (Å²) in [5, 5.41) is 0. The van der Waals surface area contributed by atoms with Crippen molar-refractivity contribution in [1.29, 1.82) is 0 Å². The van der Waals surface area contributed by atoms with Gasteiger partial charge in [0.1, 0.15) is 29.4 Å². The summed E-state index contributed by atoms with van der Waals surface area (Å²) >= 11 is 0. The molecule has 0 spiro atoms. The normalized spacial score (nSPS) is 22.0. The number of esters is 1. The van der Waals surface area contributed by atoms with Gasteiger partial charge in [0.2, 0.25) is 0 Å². The zero-order valence-electron chi connectivity index (χ0n) is 18.5. The Morgan fingerprint density at radius 2 is 1.94 bits per heavy atom. The monoisotopic (exact) mass is 436 g/mol. The average Bonchev–Trinajstić information content (AvgIpc) is 3.28. The first-order valence-electron chi connectivity index (χ1n) is 11.2. The lowest BCUT2D eigenvalue weighted by Gasteiger charge is -2.41. The number of aryl methyl sites for hydroxylation is 2. The molecule has 1 aromatic carbocycles. The number of hydrogen-bond acceptors (Lipinski definition) is 6. The van der Waals surface area contributed by atoms with Gasteiger partial charge < -0.3 is 18.9 Å². The summed E-state index contributed by atoms with van der Waals surface area (Å²) in [4.78, 5) is 24.3. The number of hydrogen-bond donors (Lipinski definition) is 0. The minimum Gasteiger partial charge on any atom is -0.467 e. The van der Waals surface area contributed by atoms with E-state index in [1.807, 2.05) is 13.0 Å². The predicted molar refractivity (Wildman–Crippen MR) is 112 cm³/mol. The minimum absolute atomic E-state index is 0.0258. The molecule has 1 aliphatic heterocycles. The second kappa shape index (κ2) is 11.0. The average molecular weight is 437 g/mol. The molecule has 1 aromatic rings. The Balaban J connectivity index is 1.71. The Bertz CT molecular complexity index is 756. The van der Waals surface area contributed by atoms with Crippen LogP contribution in [0.3, 0.4) is 0 Å². The Kier molecular flexibility index (Phi) is 8.43. The van der Waals surface area contributed by atoms with Crippen molar-refractivity contribution in [2.24, 2.45) is 5.92 Å². The minimum atomic E-state index is -0.800. The zero-order valence-corrected chi connectivity index (χ0v) is 18.5. The number of benzene rings is 1. The number of halogens is 1. The van der Waals surface area contributed by atoms with Crippen LogP contribution in [0.25, 0.3) is 0 Å². The fraction of sp³-hybridized carbons (Fsp3) is 0.667. The molecule has 1 aliphatic carbocycles. The third-order valence-electron chi connectivity index (χ3n) is 6.41. The van der Waals surface area contributed by atoms with Gasteiger partial charge in [-0.3, -0.25) is 9.59 Å². The quantitative estimate of drug-likeness (QED) is 0.225. The van der Waals surface area contributed by atoms with Crippen molar-refractivity contribution in [1.82, 2.24) is 0 Å². The fourth-order valence-electron chi connectivity index (χ4n) is 4.78. The van der Waals surface area contributed by atoms with E-state index in [9.17, 15) is 14.0 Å². The number of cyclic esters (lactones) is 1. The molecule has 0 aromatic heterocycles. The van der Waals surface area contributed by atoms with Crippen molar-refractivity contribution in [2.75, 3.05) is 27.1 Å². The van der Waals surface area contributed by atoms with Crippen molar-refractivity contribution >= 4 is 11.8 Å². The molecule has 1 saturated heterocycles. The molecule has 1 atom stereocenters. The van der Waals surface area contributed by atoms with Gasteiger partial charge in [0, 0.05) is 19.6 Å². The van der Waals surface area contributed by atoms with E-state index in [-0.39, 0.29) is 37.2 Å². The van der Waals surface area contributed by atoms with Crippen molar-refractivity contribution in [3.05, 3.63) is 29.1 Å². The summed E-state index contributed by atoms with van der Waals surface area (Å²) in [6, 6.07) is 3.21. The van der Waals surface area contributed by atoms with Crippen LogP contribution in [0, 0.1) is 11.7 Å². The number of carbonyl (C=O) groups excluding carboxylic acids is 2. The van der Waals surface area contributed by atoms with Crippen molar-refractivity contribution < 1.29 is 32.9 Å². The van der Waals surface area contributed by atoms with E-state index >= 15 is 0 Å². The molecule has 0 amide bonds. The molecule has 1 unspecified atom stereocenters. The van der Waals surface area contributed by atoms with Gasteiger partial charge >= 0.3 is 5.97 Å². The number of carbonyl (C=O) groups is 2. The summed E-state index contributed by atoms with van der Waals surface area (Å²) in [5.41, 5.74) is 0.640. The summed E-state index contributed by atoms with van der Waals surface area (Å²) in [5.74, 6) is -0.253. The topological polar surface area (TPSA) is 71.1 Å². The first-order valence-corrected chi connectivity index (χ1v) is 11.2. The second-order valence-electron chi connectivity index (χ2n) is 8.48. The van der Waals surface area contributed by atoms with Gasteiger partial charge in [-0.25, -0.2) is 4.39 Å². The van der Waals surface area contributed by atoms with Gasteiger partial charge in [0.15, 0.2) is 6.79 Å². The second-order valence-corrected chi connectivity index (χ2v) is 8.48. The molecule has 6 nitrogen and oxygen atoms in total. The molecular weight excluding hydrogens is 403 g/mol. The van der Waals surface area contributed by atoms with Crippen molar-refractivity contribution in [2.45, 2.75) is 70.3 Å². The molecule has 172 valence electrons. The summed E-state index contributed by atoms with van der Waals surface area (Å²) in [6.45, 7) is 2.88. The van der Waals surface area contributed by atoms with E-state index in [2.05, 4.69) is 0 Å². The van der Waals surface area contributed by atoms with Gasteiger partial charge in [-0.2, -0.15) is 0 Å². The standard InChI is InChI=1S/C24H33FO6/c1-3-17-12-18(21(25)14-22(17)30-16-29-11-10-28-2)8-9-24(19-6-4-5-7-19)15-20(26)13-23(27)31-24/h12,14,19H,3-11,13,15-16H2,1-2H3. The van der Waals surface area contributed by atoms with Crippen LogP contribution in [0.15, 0.2) is 12.1 Å². The summed E-state index contributed by atoms with van der Waals surface area (Å²) in [6.07, 6.45) is 5.67. The van der Waals surface area contributed by atoms with Gasteiger partial charge in [-0.1, -0.05) is 19.8 Å². The fourth-order valence-corrected chi connectivity index (χ4v) is 4.78. The van der Waals surface area contributed by atoms with E-state index in [0.29, 0.717) is 43.8 Å². The van der Waals surface area contributed by atoms with Crippen LogP contribution in [0.2, 0.25) is 0 Å². The highest BCUT2D eigenvalue weighted by Crippen LogP contribution is 2.44. The largest absolute Gasteiger partial charge is 0.467 e. The van der Waals surface area contributed by atoms with Crippen LogP contribution in [0.4, 0.5) is 4.39 Å². The van der Waals surface area contributed by atoms with Gasteiger partial charge in [-0.15, -0.1) is 0 Å². The number of methoxy groups -OCH3 is 1. The van der Waals surface area contributed by atoms with Crippen LogP contribution < -0.4 is 4.74 Å². The lowest BCUT2D eigenvalue weighted by atomic mass is 9.76. The summed E-state index contributed by atoms with van der Waals surface area (Å²) < 4.78 is 36.5. The molecule has 3 rings (SSSR count). The number of ketones is 1. The van der Waals surface area contributed by atoms with Crippen molar-refractivity contribution in [3.8, 4) is 5.75 Å². The number of rotatable bonds is 11. The van der Waals surface area contributed by atoms with Crippen molar-refractivity contribution in [3.63, 3.8) is 0 Å². The highest BCUT2D eigenvalue weighted by atomic mass is 19.1. The number of Topliss-reactive ketones (excluding diaryl/α,β-unsaturated/α-hetero) is 1. The third-order valence-corrected chi connectivity index (χ3v) is 6.41. The van der Waals surface area contributed by atoms with E-state index in [0.717, 1.165) is 31.2 Å². The summed E-state index contributed by atoms with van der Waals surface area (Å²) in [7, 11) is 1.59. The molecule has 1 saturated carbocycles. The lowest BCUT2D eigenvalue weighted by molar-refractivity contribution is -0.178. The molecule has 31 heavy (non-hydrogen) atoms. The van der Waals surface area contributed by atoms with Crippen LogP contribution in [-0.2, 0) is 36.6 Å². The molecular formula is C24H33FO6. The Morgan fingerprint density at radius 1 is 1.16 bits per heavy atom. The SMILES string of the molecule is CCc1cc(CCC2(C3CCCC3)CC(=O)CC(=O)O2)c(F)cc1OCOCCOC. The molecule has 2 fully saturated rings. The highest BCUT2D eigenvalue weighted by Gasteiger charge is 2.47. The van der Waals surface area contributed by atoms with Crippen LogP contribution in [-0.4, -0.2) is 44.5 Å². The molecule has 1 heterocycles. The number of ether oxygens (including phenoxy) is 4. The maximum Gasteiger partial charge on any atom is 0.313 e. The lowest BCUT2D eigenvalue weighted by Crippen LogP contribution is -2.48. The molecule has 2 aliphatic rings. The maximum atomic E-state index is 14.9. The molecule has 0 N–H and O–H groups in total. The smallest absolute Gasteiger partial charge is 0.313 e. The van der Waals surface area contributed by atoms with Crippen LogP contribution >= 0.6 is 0 Å². The van der Waals surface area contributed by atoms with Gasteiger partial charge in [0.05, 0.1) is 13.2 Å².